The van der Waals surface area contributed by atoms with Crippen molar-refractivity contribution >= 4 is 32.8 Å². The maximum Gasteiger partial charge on any atom is 0.261 e. The molecule has 0 aliphatic heterocycles. The third-order valence-electron chi connectivity index (χ3n) is 6.18. The molecule has 4 aromatic rings. The lowest BCUT2D eigenvalue weighted by Crippen LogP contribution is -2.22. The molecule has 3 aromatic heterocycles. The molecule has 1 saturated carbocycles. The van der Waals surface area contributed by atoms with E-state index >= 15 is 0 Å². The molecule has 1 aromatic carbocycles. The summed E-state index contributed by atoms with van der Waals surface area (Å²) in [4.78, 5) is 4.04. The van der Waals surface area contributed by atoms with Gasteiger partial charge in [-0.1, -0.05) is 36.3 Å². The van der Waals surface area contributed by atoms with Crippen molar-refractivity contribution in [2.45, 2.75) is 36.7 Å². The van der Waals surface area contributed by atoms with E-state index in [0.717, 1.165) is 54.5 Å². The lowest BCUT2D eigenvalue weighted by atomic mass is 9.87. The predicted octanol–water partition coefficient (Wildman–Crippen LogP) is 4.89. The zero-order valence-electron chi connectivity index (χ0n) is 19.0. The Morgan fingerprint density at radius 1 is 1.08 bits per heavy atom. The number of benzene rings is 1. The first-order valence-electron chi connectivity index (χ1n) is 11.4. The van der Waals surface area contributed by atoms with Crippen molar-refractivity contribution in [1.29, 1.82) is 0 Å². The zero-order valence-corrected chi connectivity index (χ0v) is 20.6. The van der Waals surface area contributed by atoms with Crippen molar-refractivity contribution in [1.82, 2.24) is 14.6 Å². The van der Waals surface area contributed by atoms with Gasteiger partial charge in [-0.05, 0) is 60.9 Å². The van der Waals surface area contributed by atoms with Gasteiger partial charge >= 0.3 is 0 Å². The van der Waals surface area contributed by atoms with Gasteiger partial charge in [0.1, 0.15) is 5.82 Å². The summed E-state index contributed by atoms with van der Waals surface area (Å²) in [6.45, 7) is 0. The summed E-state index contributed by atoms with van der Waals surface area (Å²) in [6.07, 6.45) is 8.35. The smallest absolute Gasteiger partial charge is 0.261 e. The van der Waals surface area contributed by atoms with Crippen LogP contribution < -0.4 is 4.72 Å². The molecule has 2 unspecified atom stereocenters. The molecule has 0 saturated heterocycles. The highest BCUT2D eigenvalue weighted by Crippen LogP contribution is 2.30. The van der Waals surface area contributed by atoms with Crippen LogP contribution in [0.15, 0.2) is 66.0 Å². The highest BCUT2D eigenvalue weighted by molar-refractivity contribution is 7.92. The molecule has 2 atom stereocenters. The van der Waals surface area contributed by atoms with Gasteiger partial charge in [-0.3, -0.25) is 4.72 Å². The lowest BCUT2D eigenvalue weighted by molar-refractivity contribution is 0.0970. The number of hydrogen-bond acceptors (Lipinski definition) is 5. The molecular formula is C26H22ClFN4O3S. The van der Waals surface area contributed by atoms with Gasteiger partial charge in [0.25, 0.3) is 10.0 Å². The lowest BCUT2D eigenvalue weighted by Gasteiger charge is -2.22. The molecule has 2 N–H and O–H groups in total. The van der Waals surface area contributed by atoms with Crippen LogP contribution in [0.25, 0.3) is 16.6 Å². The summed E-state index contributed by atoms with van der Waals surface area (Å²) in [6, 6.07) is 9.78. The Morgan fingerprint density at radius 3 is 2.64 bits per heavy atom. The normalized spacial score (nSPS) is 18.0. The molecule has 1 aliphatic rings. The second-order valence-corrected chi connectivity index (χ2v) is 10.7. The number of aliphatic hydroxyl groups excluding tert-OH is 1. The SMILES string of the molecule is O=S(=O)(Nc1cc(-c2ccn3ncc(C#CC4CCCCC4O)c3c2)cnc1Cl)c1ccc(F)cc1. The maximum absolute atomic E-state index is 13.2. The van der Waals surface area contributed by atoms with Crippen LogP contribution in [0, 0.1) is 23.6 Å². The maximum atomic E-state index is 13.2. The summed E-state index contributed by atoms with van der Waals surface area (Å²) in [5, 5.41) is 14.5. The molecule has 3 heterocycles. The molecule has 0 spiro atoms. The Hall–Kier alpha value is -3.45. The fourth-order valence-electron chi connectivity index (χ4n) is 4.20. The number of nitrogens with zero attached hydrogens (tertiary/aromatic N) is 3. The minimum Gasteiger partial charge on any atom is -0.392 e. The first kappa shape index (κ1) is 24.3. The van der Waals surface area contributed by atoms with Gasteiger partial charge in [0.2, 0.25) is 0 Å². The Labute approximate surface area is 213 Å². The van der Waals surface area contributed by atoms with Crippen LogP contribution in [0.1, 0.15) is 31.2 Å². The molecule has 184 valence electrons. The topological polar surface area (TPSA) is 96.6 Å². The number of aliphatic hydroxyl groups is 1. The van der Waals surface area contributed by atoms with Crippen molar-refractivity contribution in [3.63, 3.8) is 0 Å². The number of halogens is 2. The summed E-state index contributed by atoms with van der Waals surface area (Å²) in [5.74, 6) is 5.79. The largest absolute Gasteiger partial charge is 0.392 e. The summed E-state index contributed by atoms with van der Waals surface area (Å²) >= 11 is 6.18. The van der Waals surface area contributed by atoms with Crippen molar-refractivity contribution < 1.29 is 17.9 Å². The average Bonchev–Trinajstić information content (AvgIpc) is 3.27. The van der Waals surface area contributed by atoms with E-state index in [1.165, 1.54) is 12.1 Å². The molecule has 5 rings (SSSR count). The molecule has 1 aliphatic carbocycles. The summed E-state index contributed by atoms with van der Waals surface area (Å²) in [7, 11) is -4.00. The van der Waals surface area contributed by atoms with Crippen molar-refractivity contribution in [2.24, 2.45) is 5.92 Å². The van der Waals surface area contributed by atoms with Gasteiger partial charge in [0, 0.05) is 23.9 Å². The third-order valence-corrected chi connectivity index (χ3v) is 7.87. The minimum absolute atomic E-state index is 0.0209. The van der Waals surface area contributed by atoms with E-state index in [4.69, 9.17) is 11.6 Å². The molecular weight excluding hydrogens is 503 g/mol. The van der Waals surface area contributed by atoms with Crippen molar-refractivity contribution in [2.75, 3.05) is 4.72 Å². The number of fused-ring (bicyclic) bond motifs is 1. The molecule has 0 radical (unpaired) electrons. The van der Waals surface area contributed by atoms with E-state index in [2.05, 4.69) is 26.6 Å². The Balaban J connectivity index is 1.46. The number of aromatic nitrogens is 3. The van der Waals surface area contributed by atoms with Gasteiger partial charge < -0.3 is 5.11 Å². The fraction of sp³-hybridized carbons (Fsp3) is 0.231. The quantitative estimate of drug-likeness (QED) is 0.292. The molecule has 36 heavy (non-hydrogen) atoms. The van der Waals surface area contributed by atoms with E-state index in [1.807, 2.05) is 12.1 Å². The van der Waals surface area contributed by atoms with Gasteiger partial charge in [-0.15, -0.1) is 0 Å². The van der Waals surface area contributed by atoms with Gasteiger partial charge in [0.15, 0.2) is 5.15 Å². The first-order valence-corrected chi connectivity index (χ1v) is 13.3. The average molecular weight is 525 g/mol. The molecule has 1 fully saturated rings. The first-order chi connectivity index (χ1) is 17.3. The standard InChI is InChI=1S/C26H22ClFN4O3S/c27-26-23(31-36(34,35)22-9-7-21(28)8-10-22)13-20(15-29-26)18-11-12-32-24(14-18)19(16-30-32)6-5-17-3-1-2-4-25(17)33/h7-17,25,31,33H,1-4H2. The molecule has 10 heteroatoms. The zero-order chi connectivity index (χ0) is 25.3. The Morgan fingerprint density at radius 2 is 1.86 bits per heavy atom. The molecule has 0 bridgehead atoms. The third kappa shape index (κ3) is 5.07. The predicted molar refractivity (Wildman–Crippen MR) is 135 cm³/mol. The minimum atomic E-state index is -4.00. The van der Waals surface area contributed by atoms with E-state index in [1.54, 1.807) is 29.2 Å². The van der Waals surface area contributed by atoms with Crippen LogP contribution >= 0.6 is 11.6 Å². The van der Waals surface area contributed by atoms with Crippen LogP contribution in [0.2, 0.25) is 5.15 Å². The van der Waals surface area contributed by atoms with Crippen LogP contribution in [-0.4, -0.2) is 34.2 Å². The fourth-order valence-corrected chi connectivity index (χ4v) is 5.47. The van der Waals surface area contributed by atoms with Gasteiger partial charge in [0.05, 0.1) is 34.0 Å². The second kappa shape index (κ2) is 9.90. The second-order valence-electron chi connectivity index (χ2n) is 8.65. The number of pyridine rings is 2. The van der Waals surface area contributed by atoms with E-state index < -0.39 is 21.9 Å². The van der Waals surface area contributed by atoms with Crippen LogP contribution in [0.3, 0.4) is 0 Å². The Bertz CT molecular complexity index is 1590. The number of rotatable bonds is 4. The van der Waals surface area contributed by atoms with Crippen molar-refractivity contribution in [3.05, 3.63) is 77.6 Å². The monoisotopic (exact) mass is 524 g/mol. The van der Waals surface area contributed by atoms with Gasteiger partial charge in [-0.25, -0.2) is 22.3 Å². The Kier molecular flexibility index (Phi) is 6.67. The van der Waals surface area contributed by atoms with E-state index in [9.17, 15) is 17.9 Å². The number of nitrogens with one attached hydrogen (secondary N) is 1. The highest BCUT2D eigenvalue weighted by Gasteiger charge is 2.21. The van der Waals surface area contributed by atoms with Crippen LogP contribution in [0.4, 0.5) is 10.1 Å². The molecule has 7 nitrogen and oxygen atoms in total. The number of hydrogen-bond donors (Lipinski definition) is 2. The van der Waals surface area contributed by atoms with E-state index in [0.29, 0.717) is 5.56 Å². The van der Waals surface area contributed by atoms with Gasteiger partial charge in [-0.2, -0.15) is 5.10 Å². The van der Waals surface area contributed by atoms with Crippen LogP contribution in [0.5, 0.6) is 0 Å². The summed E-state index contributed by atoms with van der Waals surface area (Å²) in [5.41, 5.74) is 2.98. The number of sulfonamides is 1. The van der Waals surface area contributed by atoms with E-state index in [-0.39, 0.29) is 21.7 Å². The summed E-state index contributed by atoms with van der Waals surface area (Å²) < 4.78 is 42.9. The highest BCUT2D eigenvalue weighted by atomic mass is 35.5. The number of anilines is 1. The van der Waals surface area contributed by atoms with Crippen molar-refractivity contribution in [3.8, 4) is 23.0 Å². The molecule has 0 amide bonds. The van der Waals surface area contributed by atoms with Crippen LogP contribution in [-0.2, 0) is 10.0 Å².